The summed E-state index contributed by atoms with van der Waals surface area (Å²) >= 11 is 5.76. The van der Waals surface area contributed by atoms with Crippen molar-refractivity contribution in [2.24, 2.45) is 5.16 Å². The van der Waals surface area contributed by atoms with Crippen molar-refractivity contribution in [2.45, 2.75) is 18.6 Å². The molecule has 8 heteroatoms. The highest BCUT2D eigenvalue weighted by Crippen LogP contribution is 2.41. The van der Waals surface area contributed by atoms with Crippen molar-refractivity contribution in [3.05, 3.63) is 29.4 Å². The van der Waals surface area contributed by atoms with Crippen LogP contribution in [0.4, 0.5) is 0 Å². The molecule has 1 saturated heterocycles. The van der Waals surface area contributed by atoms with E-state index in [1.807, 2.05) is 4.90 Å². The van der Waals surface area contributed by atoms with Gasteiger partial charge < -0.3 is 14.3 Å². The van der Waals surface area contributed by atoms with Gasteiger partial charge >= 0.3 is 0 Å². The van der Waals surface area contributed by atoms with Crippen molar-refractivity contribution in [2.75, 3.05) is 6.54 Å². The number of pyridine rings is 1. The summed E-state index contributed by atoms with van der Waals surface area (Å²) in [6.45, 7) is 0.865. The van der Waals surface area contributed by atoms with Gasteiger partial charge in [-0.1, -0.05) is 21.9 Å². The van der Waals surface area contributed by atoms with Crippen LogP contribution in [0.5, 0.6) is 0 Å². The van der Waals surface area contributed by atoms with Crippen LogP contribution < -0.4 is 0 Å². The largest absolute Gasteiger partial charge is 0.355 e. The normalized spacial score (nSPS) is 23.9. The zero-order valence-corrected chi connectivity index (χ0v) is 11.1. The molecule has 0 bridgehead atoms. The van der Waals surface area contributed by atoms with Crippen LogP contribution in [0.3, 0.4) is 0 Å². The van der Waals surface area contributed by atoms with E-state index >= 15 is 0 Å². The van der Waals surface area contributed by atoms with Crippen molar-refractivity contribution in [3.63, 3.8) is 0 Å². The number of halogens is 1. The van der Waals surface area contributed by atoms with Crippen LogP contribution in [0.15, 0.2) is 28.0 Å². The number of aromatic nitrogens is 3. The maximum Gasteiger partial charge on any atom is 0.295 e. The minimum absolute atomic E-state index is 0.414. The first-order valence-electron chi connectivity index (χ1n) is 6.22. The van der Waals surface area contributed by atoms with Gasteiger partial charge in [0, 0.05) is 24.7 Å². The summed E-state index contributed by atoms with van der Waals surface area (Å²) in [7, 11) is 0. The molecule has 0 amide bonds. The highest BCUT2D eigenvalue weighted by atomic mass is 35.5. The van der Waals surface area contributed by atoms with Crippen LogP contribution in [0.25, 0.3) is 11.4 Å². The van der Waals surface area contributed by atoms with Gasteiger partial charge in [0.2, 0.25) is 5.82 Å². The number of rotatable bonds is 2. The first-order chi connectivity index (χ1) is 9.78. The molecule has 2 aliphatic rings. The first kappa shape index (κ1) is 11.7. The standard InChI is InChI=1S/C12H10ClN5O2/c13-9-3-2-8(6-14-9)10-16-11(19-17-10)12-4-1-5-18(12)7-15-20-12/h2-3,6-7H,1,4-5H2. The Hall–Kier alpha value is -2.15. The maximum absolute atomic E-state index is 5.76. The van der Waals surface area contributed by atoms with Crippen molar-refractivity contribution >= 4 is 17.9 Å². The molecule has 0 radical (unpaired) electrons. The molecular formula is C12H10ClN5O2. The molecule has 1 fully saturated rings. The van der Waals surface area contributed by atoms with E-state index in [0.29, 0.717) is 16.9 Å². The van der Waals surface area contributed by atoms with Crippen molar-refractivity contribution in [1.82, 2.24) is 20.0 Å². The van der Waals surface area contributed by atoms with Gasteiger partial charge in [-0.15, -0.1) is 0 Å². The smallest absolute Gasteiger partial charge is 0.295 e. The zero-order chi connectivity index (χ0) is 13.6. The summed E-state index contributed by atoms with van der Waals surface area (Å²) in [5.74, 6) is 0.873. The van der Waals surface area contributed by atoms with E-state index in [0.717, 1.165) is 24.9 Å². The van der Waals surface area contributed by atoms with Crippen molar-refractivity contribution < 1.29 is 9.36 Å². The Bertz CT molecular complexity index is 671. The average Bonchev–Trinajstić information content (AvgIpc) is 3.13. The molecule has 102 valence electrons. The van der Waals surface area contributed by atoms with E-state index in [-0.39, 0.29) is 0 Å². The topological polar surface area (TPSA) is 76.6 Å². The Morgan fingerprint density at radius 3 is 3.15 bits per heavy atom. The van der Waals surface area contributed by atoms with E-state index in [4.69, 9.17) is 21.0 Å². The number of fused-ring (bicyclic) bond motifs is 1. The summed E-state index contributed by atoms with van der Waals surface area (Å²) in [4.78, 5) is 15.9. The summed E-state index contributed by atoms with van der Waals surface area (Å²) in [5.41, 5.74) is 0.00901. The lowest BCUT2D eigenvalue weighted by molar-refractivity contribution is -0.105. The molecule has 0 aliphatic carbocycles. The predicted molar refractivity (Wildman–Crippen MR) is 69.7 cm³/mol. The Kier molecular flexibility index (Phi) is 2.43. The van der Waals surface area contributed by atoms with Crippen LogP contribution in [0, 0.1) is 0 Å². The summed E-state index contributed by atoms with van der Waals surface area (Å²) in [6.07, 6.45) is 5.04. The Balaban J connectivity index is 1.70. The third-order valence-electron chi connectivity index (χ3n) is 3.51. The van der Waals surface area contributed by atoms with Crippen LogP contribution >= 0.6 is 11.6 Å². The highest BCUT2D eigenvalue weighted by Gasteiger charge is 2.52. The molecule has 1 unspecified atom stereocenters. The van der Waals surface area contributed by atoms with Crippen molar-refractivity contribution in [3.8, 4) is 11.4 Å². The van der Waals surface area contributed by atoms with Crippen molar-refractivity contribution in [1.29, 1.82) is 0 Å². The summed E-state index contributed by atoms with van der Waals surface area (Å²) in [6, 6.07) is 3.47. The molecule has 20 heavy (non-hydrogen) atoms. The maximum atomic E-state index is 5.76. The van der Waals surface area contributed by atoms with Crippen LogP contribution in [0.1, 0.15) is 18.7 Å². The minimum Gasteiger partial charge on any atom is -0.355 e. The molecular weight excluding hydrogens is 282 g/mol. The van der Waals surface area contributed by atoms with E-state index < -0.39 is 5.72 Å². The molecule has 0 N–H and O–H groups in total. The average molecular weight is 292 g/mol. The van der Waals surface area contributed by atoms with Crippen LogP contribution in [-0.4, -0.2) is 32.9 Å². The van der Waals surface area contributed by atoms with Gasteiger partial charge in [0.15, 0.2) is 0 Å². The van der Waals surface area contributed by atoms with Gasteiger partial charge in [-0.25, -0.2) is 4.98 Å². The third-order valence-corrected chi connectivity index (χ3v) is 3.74. The molecule has 2 aromatic rings. The fourth-order valence-electron chi connectivity index (χ4n) is 2.51. The summed E-state index contributed by atoms with van der Waals surface area (Å²) < 4.78 is 5.37. The molecule has 0 spiro atoms. The highest BCUT2D eigenvalue weighted by molar-refractivity contribution is 6.29. The minimum atomic E-state index is -0.731. The molecule has 2 aromatic heterocycles. The van der Waals surface area contributed by atoms with E-state index in [9.17, 15) is 0 Å². The molecule has 1 atom stereocenters. The quantitative estimate of drug-likeness (QED) is 0.788. The Morgan fingerprint density at radius 1 is 1.35 bits per heavy atom. The Morgan fingerprint density at radius 2 is 2.30 bits per heavy atom. The van der Waals surface area contributed by atoms with Gasteiger partial charge in [0.25, 0.3) is 11.6 Å². The SMILES string of the molecule is Clc1ccc(-c2noc(C34CCCN3C=NO4)n2)cn1. The molecule has 0 saturated carbocycles. The van der Waals surface area contributed by atoms with Gasteiger partial charge in [-0.05, 0) is 18.6 Å². The predicted octanol–water partition coefficient (Wildman–Crippen LogP) is 2.01. The lowest BCUT2D eigenvalue weighted by Gasteiger charge is -2.24. The molecule has 0 aromatic carbocycles. The molecule has 4 rings (SSSR count). The van der Waals surface area contributed by atoms with Gasteiger partial charge in [-0.2, -0.15) is 4.98 Å². The molecule has 2 aliphatic heterocycles. The lowest BCUT2D eigenvalue weighted by Crippen LogP contribution is -2.37. The number of oxime groups is 1. The fraction of sp³-hybridized carbons (Fsp3) is 0.333. The number of nitrogens with zero attached hydrogens (tertiary/aromatic N) is 5. The van der Waals surface area contributed by atoms with Gasteiger partial charge in [0.1, 0.15) is 11.5 Å². The first-order valence-corrected chi connectivity index (χ1v) is 6.60. The van der Waals surface area contributed by atoms with E-state index in [1.54, 1.807) is 24.7 Å². The Labute approximate surface area is 119 Å². The van der Waals surface area contributed by atoms with Crippen LogP contribution in [0.2, 0.25) is 5.15 Å². The van der Waals surface area contributed by atoms with E-state index in [2.05, 4.69) is 20.3 Å². The monoisotopic (exact) mass is 291 g/mol. The second-order valence-corrected chi connectivity index (χ2v) is 5.07. The lowest BCUT2D eigenvalue weighted by atomic mass is 10.1. The fourth-order valence-corrected chi connectivity index (χ4v) is 2.62. The number of hydrogen-bond acceptors (Lipinski definition) is 7. The van der Waals surface area contributed by atoms with Gasteiger partial charge in [-0.3, -0.25) is 0 Å². The molecule has 7 nitrogen and oxygen atoms in total. The second-order valence-electron chi connectivity index (χ2n) is 4.69. The third kappa shape index (κ3) is 1.59. The summed E-state index contributed by atoms with van der Waals surface area (Å²) in [5, 5.41) is 8.26. The zero-order valence-electron chi connectivity index (χ0n) is 10.4. The molecule has 4 heterocycles. The second kappa shape index (κ2) is 4.17. The van der Waals surface area contributed by atoms with Crippen LogP contribution in [-0.2, 0) is 10.6 Å². The van der Waals surface area contributed by atoms with E-state index in [1.165, 1.54) is 0 Å². The number of hydrogen-bond donors (Lipinski definition) is 0. The van der Waals surface area contributed by atoms with Gasteiger partial charge in [0.05, 0.1) is 0 Å².